The summed E-state index contributed by atoms with van der Waals surface area (Å²) in [5.41, 5.74) is 8.37. The lowest BCUT2D eigenvalue weighted by molar-refractivity contribution is 1.30. The van der Waals surface area contributed by atoms with Gasteiger partial charge in [-0.1, -0.05) is 133 Å². The third kappa shape index (κ3) is 4.66. The Morgan fingerprint density at radius 2 is 0.980 bits per heavy atom. The molecule has 0 N–H and O–H groups in total. The normalized spacial score (nSPS) is 11.7. The predicted octanol–water partition coefficient (Wildman–Crippen LogP) is 14.4. The Kier molecular flexibility index (Phi) is 6.61. The van der Waals surface area contributed by atoms with Crippen LogP contribution in [0.2, 0.25) is 0 Å². The van der Waals surface area contributed by atoms with E-state index in [0.717, 1.165) is 11.4 Å². The molecule has 0 aliphatic heterocycles. The molecule has 0 aliphatic carbocycles. The van der Waals surface area contributed by atoms with Crippen molar-refractivity contribution in [1.82, 2.24) is 0 Å². The SMILES string of the molecule is c1ccc(-c2ccc(N(c3cccc(-c4cccc5c4sc4ccccc45)c3)c3cc4ccccc4c4c3sc3ccccc34)cc2)cc1. The Labute approximate surface area is 292 Å². The van der Waals surface area contributed by atoms with Crippen molar-refractivity contribution in [1.29, 1.82) is 0 Å². The molecule has 8 aromatic carbocycles. The lowest BCUT2D eigenvalue weighted by Crippen LogP contribution is -2.10. The number of rotatable bonds is 5. The topological polar surface area (TPSA) is 3.24 Å². The maximum atomic E-state index is 2.47. The smallest absolute Gasteiger partial charge is 0.0646 e. The minimum absolute atomic E-state index is 1.13. The van der Waals surface area contributed by atoms with Crippen molar-refractivity contribution in [3.05, 3.63) is 176 Å². The molecule has 49 heavy (non-hydrogen) atoms. The molecular weight excluding hydrogens is 631 g/mol. The molecule has 0 bridgehead atoms. The van der Waals surface area contributed by atoms with Crippen LogP contribution in [0, 0.1) is 0 Å². The number of hydrogen-bond acceptors (Lipinski definition) is 3. The summed E-state index contributed by atoms with van der Waals surface area (Å²) >= 11 is 3.77. The summed E-state index contributed by atoms with van der Waals surface area (Å²) in [5.74, 6) is 0. The summed E-state index contributed by atoms with van der Waals surface area (Å²) in [6.45, 7) is 0. The lowest BCUT2D eigenvalue weighted by Gasteiger charge is -2.27. The van der Waals surface area contributed by atoms with Gasteiger partial charge in [0.2, 0.25) is 0 Å². The van der Waals surface area contributed by atoms with E-state index in [1.54, 1.807) is 0 Å². The number of benzene rings is 8. The standard InChI is InChI=1S/C46H29NS2/c1-2-12-30(13-3-1)31-24-26-34(27-25-31)47(41-29-33-14-4-5-17-36(33)44-40-19-7-9-23-43(40)49-46(41)44)35-16-10-15-32(28-35)37-20-11-21-39-38-18-6-8-22-42(38)48-45(37)39/h1-29H. The summed E-state index contributed by atoms with van der Waals surface area (Å²) in [6.07, 6.45) is 0. The molecule has 0 aliphatic rings. The highest BCUT2D eigenvalue weighted by molar-refractivity contribution is 7.27. The fourth-order valence-electron chi connectivity index (χ4n) is 7.37. The van der Waals surface area contributed by atoms with Gasteiger partial charge in [-0.05, 0) is 75.5 Å². The van der Waals surface area contributed by atoms with Crippen molar-refractivity contribution >= 4 is 90.9 Å². The fourth-order valence-corrected chi connectivity index (χ4v) is 9.83. The number of hydrogen-bond donors (Lipinski definition) is 0. The molecule has 0 spiro atoms. The van der Waals surface area contributed by atoms with Gasteiger partial charge in [0.25, 0.3) is 0 Å². The van der Waals surface area contributed by atoms with Gasteiger partial charge < -0.3 is 4.90 Å². The monoisotopic (exact) mass is 659 g/mol. The molecule has 0 unspecified atom stereocenters. The molecule has 3 heteroatoms. The molecule has 230 valence electrons. The van der Waals surface area contributed by atoms with E-state index >= 15 is 0 Å². The van der Waals surface area contributed by atoms with Gasteiger partial charge >= 0.3 is 0 Å². The van der Waals surface area contributed by atoms with Gasteiger partial charge in [-0.3, -0.25) is 0 Å². The Balaban J connectivity index is 1.23. The van der Waals surface area contributed by atoms with Crippen LogP contribution in [0.5, 0.6) is 0 Å². The van der Waals surface area contributed by atoms with Crippen molar-refractivity contribution in [2.24, 2.45) is 0 Å². The third-order valence-corrected chi connectivity index (χ3v) is 12.1. The highest BCUT2D eigenvalue weighted by Gasteiger charge is 2.21. The van der Waals surface area contributed by atoms with E-state index in [1.165, 1.54) is 79.1 Å². The summed E-state index contributed by atoms with van der Waals surface area (Å²) in [7, 11) is 0. The average Bonchev–Trinajstić information content (AvgIpc) is 3.75. The molecule has 0 radical (unpaired) electrons. The maximum Gasteiger partial charge on any atom is 0.0646 e. The van der Waals surface area contributed by atoms with Gasteiger partial charge in [0, 0.05) is 47.0 Å². The molecule has 0 saturated heterocycles. The first-order valence-corrected chi connectivity index (χ1v) is 18.2. The van der Waals surface area contributed by atoms with Gasteiger partial charge in [0.1, 0.15) is 0 Å². The van der Waals surface area contributed by atoms with E-state index in [2.05, 4.69) is 181 Å². The first-order chi connectivity index (χ1) is 24.3. The zero-order valence-electron chi connectivity index (χ0n) is 26.5. The van der Waals surface area contributed by atoms with E-state index in [4.69, 9.17) is 0 Å². The van der Waals surface area contributed by atoms with Crippen molar-refractivity contribution < 1.29 is 0 Å². The number of fused-ring (bicyclic) bond motifs is 8. The maximum absolute atomic E-state index is 2.47. The first kappa shape index (κ1) is 28.3. The Morgan fingerprint density at radius 3 is 1.82 bits per heavy atom. The number of anilines is 3. The largest absolute Gasteiger partial charge is 0.309 e. The number of thiophene rings is 2. The Bertz CT molecular complexity index is 2830. The Morgan fingerprint density at radius 1 is 0.367 bits per heavy atom. The molecule has 2 aromatic heterocycles. The van der Waals surface area contributed by atoms with Crippen LogP contribution in [0.3, 0.4) is 0 Å². The molecular formula is C46H29NS2. The highest BCUT2D eigenvalue weighted by atomic mass is 32.1. The van der Waals surface area contributed by atoms with Gasteiger partial charge in [0.05, 0.1) is 10.4 Å². The lowest BCUT2D eigenvalue weighted by atomic mass is 10.00. The second-order valence-electron chi connectivity index (χ2n) is 12.5. The first-order valence-electron chi connectivity index (χ1n) is 16.6. The van der Waals surface area contributed by atoms with Crippen LogP contribution in [0.15, 0.2) is 176 Å². The summed E-state index contributed by atoms with van der Waals surface area (Å²) in [5, 5.41) is 7.81. The second kappa shape index (κ2) is 11.5. The molecule has 0 amide bonds. The van der Waals surface area contributed by atoms with Crippen LogP contribution < -0.4 is 4.90 Å². The van der Waals surface area contributed by atoms with Gasteiger partial charge in [-0.2, -0.15) is 0 Å². The molecule has 10 aromatic rings. The predicted molar refractivity (Wildman–Crippen MR) is 215 cm³/mol. The molecule has 10 rings (SSSR count). The molecule has 0 saturated carbocycles. The van der Waals surface area contributed by atoms with Crippen molar-refractivity contribution in [2.75, 3.05) is 4.90 Å². The number of nitrogens with zero attached hydrogens (tertiary/aromatic N) is 1. The van der Waals surface area contributed by atoms with E-state index in [-0.39, 0.29) is 0 Å². The van der Waals surface area contributed by atoms with Gasteiger partial charge in [0.15, 0.2) is 0 Å². The van der Waals surface area contributed by atoms with Crippen LogP contribution in [0.4, 0.5) is 17.1 Å². The quantitative estimate of drug-likeness (QED) is 0.178. The highest BCUT2D eigenvalue weighted by Crippen LogP contribution is 2.49. The van der Waals surface area contributed by atoms with Crippen molar-refractivity contribution in [2.45, 2.75) is 0 Å². The van der Waals surface area contributed by atoms with Crippen molar-refractivity contribution in [3.63, 3.8) is 0 Å². The molecule has 0 atom stereocenters. The molecule has 0 fully saturated rings. The Hall–Kier alpha value is -5.74. The van der Waals surface area contributed by atoms with E-state index in [0.29, 0.717) is 0 Å². The summed E-state index contributed by atoms with van der Waals surface area (Å²) in [6, 6.07) is 64.3. The minimum atomic E-state index is 1.13. The van der Waals surface area contributed by atoms with Crippen LogP contribution in [-0.4, -0.2) is 0 Å². The van der Waals surface area contributed by atoms with Gasteiger partial charge in [-0.15, -0.1) is 22.7 Å². The zero-order chi connectivity index (χ0) is 32.3. The van der Waals surface area contributed by atoms with Crippen molar-refractivity contribution in [3.8, 4) is 22.3 Å². The fraction of sp³-hybridized carbons (Fsp3) is 0. The average molecular weight is 660 g/mol. The van der Waals surface area contributed by atoms with E-state index in [9.17, 15) is 0 Å². The van der Waals surface area contributed by atoms with E-state index < -0.39 is 0 Å². The van der Waals surface area contributed by atoms with E-state index in [1.807, 2.05) is 22.7 Å². The van der Waals surface area contributed by atoms with Crippen LogP contribution in [0.25, 0.3) is 73.4 Å². The van der Waals surface area contributed by atoms with Crippen LogP contribution in [0.1, 0.15) is 0 Å². The zero-order valence-corrected chi connectivity index (χ0v) is 28.1. The molecule has 2 heterocycles. The summed E-state index contributed by atoms with van der Waals surface area (Å²) < 4.78 is 5.26. The minimum Gasteiger partial charge on any atom is -0.309 e. The van der Waals surface area contributed by atoms with Crippen LogP contribution >= 0.6 is 22.7 Å². The second-order valence-corrected chi connectivity index (χ2v) is 14.6. The van der Waals surface area contributed by atoms with Gasteiger partial charge in [-0.25, -0.2) is 0 Å². The summed E-state index contributed by atoms with van der Waals surface area (Å²) in [4.78, 5) is 2.47. The molecule has 1 nitrogen and oxygen atoms in total. The van der Waals surface area contributed by atoms with Crippen LogP contribution in [-0.2, 0) is 0 Å². The third-order valence-electron chi connectivity index (χ3n) is 9.64.